The van der Waals surface area contributed by atoms with Gasteiger partial charge in [0.15, 0.2) is 5.96 Å². The quantitative estimate of drug-likeness (QED) is 0.375. The Morgan fingerprint density at radius 2 is 2.11 bits per heavy atom. The Hall–Kier alpha value is -1.96. The van der Waals surface area contributed by atoms with E-state index in [0.717, 1.165) is 17.8 Å². The van der Waals surface area contributed by atoms with Crippen molar-refractivity contribution in [2.24, 2.45) is 12.0 Å². The van der Waals surface area contributed by atoms with Gasteiger partial charge < -0.3 is 24.7 Å². The van der Waals surface area contributed by atoms with Crippen molar-refractivity contribution >= 4 is 29.2 Å². The van der Waals surface area contributed by atoms with Gasteiger partial charge in [-0.05, 0) is 19.1 Å². The van der Waals surface area contributed by atoms with Gasteiger partial charge in [0.05, 0.1) is 24.7 Å². The summed E-state index contributed by atoms with van der Waals surface area (Å²) >= 11 is 12.2. The smallest absolute Gasteiger partial charge is 0.218 e. The van der Waals surface area contributed by atoms with Crippen LogP contribution in [0.15, 0.2) is 29.4 Å². The van der Waals surface area contributed by atoms with Crippen LogP contribution in [0.4, 0.5) is 0 Å². The third-order valence-electron chi connectivity index (χ3n) is 3.78. The number of aliphatic imine (C=N–C) groups is 1. The zero-order valence-electron chi connectivity index (χ0n) is 15.8. The van der Waals surface area contributed by atoms with E-state index in [4.69, 9.17) is 32.7 Å². The molecule has 0 spiro atoms. The summed E-state index contributed by atoms with van der Waals surface area (Å²) in [6, 6.07) is 5.64. The summed E-state index contributed by atoms with van der Waals surface area (Å²) in [5.74, 6) is 1.24. The van der Waals surface area contributed by atoms with Crippen LogP contribution in [-0.4, -0.2) is 42.4 Å². The van der Waals surface area contributed by atoms with Crippen molar-refractivity contribution in [3.05, 3.63) is 45.8 Å². The number of nitrogens with one attached hydrogen (secondary N) is 2. The minimum atomic E-state index is 0.431. The number of halogens is 2. The van der Waals surface area contributed by atoms with Crippen molar-refractivity contribution in [2.45, 2.75) is 20.0 Å². The molecule has 7 nitrogen and oxygen atoms in total. The molecule has 0 saturated heterocycles. The standard InChI is InChI=1S/C18H25Cl2N5O2/c1-4-21-18(24-12-14-10-15(19)16(20)25(14)2)23-11-13-6-5-7-22-17(13)27-9-8-26-3/h5-7,10H,4,8-9,11-12H2,1-3H3,(H2,21,23,24). The molecule has 9 heteroatoms. The number of pyridine rings is 1. The Labute approximate surface area is 169 Å². The van der Waals surface area contributed by atoms with Gasteiger partial charge in [0, 0.05) is 38.2 Å². The maximum atomic E-state index is 6.11. The normalized spacial score (nSPS) is 11.5. The van der Waals surface area contributed by atoms with Gasteiger partial charge in [0.25, 0.3) is 0 Å². The highest BCUT2D eigenvalue weighted by molar-refractivity contribution is 6.41. The van der Waals surface area contributed by atoms with Crippen LogP contribution in [0.1, 0.15) is 18.2 Å². The molecule has 0 amide bonds. The average Bonchev–Trinajstić information content (AvgIpc) is 2.92. The van der Waals surface area contributed by atoms with Crippen LogP contribution in [0.25, 0.3) is 0 Å². The van der Waals surface area contributed by atoms with E-state index in [0.29, 0.717) is 48.3 Å². The van der Waals surface area contributed by atoms with E-state index in [-0.39, 0.29) is 0 Å². The second-order valence-corrected chi connectivity index (χ2v) is 6.46. The molecule has 0 aromatic carbocycles. The molecule has 0 bridgehead atoms. The van der Waals surface area contributed by atoms with Crippen molar-refractivity contribution in [1.82, 2.24) is 20.2 Å². The summed E-state index contributed by atoms with van der Waals surface area (Å²) in [7, 11) is 3.50. The lowest BCUT2D eigenvalue weighted by molar-refractivity contribution is 0.143. The van der Waals surface area contributed by atoms with Gasteiger partial charge in [-0.15, -0.1) is 0 Å². The molecular weight excluding hydrogens is 389 g/mol. The van der Waals surface area contributed by atoms with Crippen molar-refractivity contribution < 1.29 is 9.47 Å². The lowest BCUT2D eigenvalue weighted by Crippen LogP contribution is -2.37. The Balaban J connectivity index is 2.03. The zero-order valence-corrected chi connectivity index (χ0v) is 17.3. The molecule has 0 aliphatic heterocycles. The maximum absolute atomic E-state index is 6.11. The average molecular weight is 414 g/mol. The van der Waals surface area contributed by atoms with Gasteiger partial charge in [-0.1, -0.05) is 29.3 Å². The van der Waals surface area contributed by atoms with E-state index in [1.807, 2.05) is 36.7 Å². The minimum absolute atomic E-state index is 0.431. The van der Waals surface area contributed by atoms with Crippen molar-refractivity contribution in [3.8, 4) is 5.88 Å². The van der Waals surface area contributed by atoms with Crippen molar-refractivity contribution in [3.63, 3.8) is 0 Å². The highest BCUT2D eigenvalue weighted by Crippen LogP contribution is 2.24. The molecule has 0 fully saturated rings. The number of aromatic nitrogens is 2. The first-order valence-electron chi connectivity index (χ1n) is 8.64. The van der Waals surface area contributed by atoms with Crippen LogP contribution in [0.2, 0.25) is 10.2 Å². The number of ether oxygens (including phenoxy) is 2. The molecule has 0 aliphatic rings. The second kappa shape index (κ2) is 11.0. The van der Waals surface area contributed by atoms with E-state index < -0.39 is 0 Å². The molecule has 0 unspecified atom stereocenters. The van der Waals surface area contributed by atoms with E-state index in [1.165, 1.54) is 0 Å². The van der Waals surface area contributed by atoms with Crippen LogP contribution in [0.3, 0.4) is 0 Å². The van der Waals surface area contributed by atoms with Crippen molar-refractivity contribution in [2.75, 3.05) is 26.9 Å². The van der Waals surface area contributed by atoms with E-state index in [1.54, 1.807) is 13.3 Å². The fraction of sp³-hybridized carbons (Fsp3) is 0.444. The van der Waals surface area contributed by atoms with Crippen LogP contribution in [-0.2, 0) is 24.9 Å². The summed E-state index contributed by atoms with van der Waals surface area (Å²) in [5, 5.41) is 7.55. The molecule has 2 N–H and O–H groups in total. The highest BCUT2D eigenvalue weighted by atomic mass is 35.5. The van der Waals surface area contributed by atoms with Gasteiger partial charge in [-0.25, -0.2) is 9.98 Å². The number of methoxy groups -OCH3 is 1. The molecule has 0 saturated carbocycles. The molecule has 0 atom stereocenters. The Morgan fingerprint density at radius 1 is 1.30 bits per heavy atom. The SMILES string of the molecule is CCNC(=NCc1cccnc1OCCOC)NCc1cc(Cl)c(Cl)n1C. The number of rotatable bonds is 9. The Morgan fingerprint density at radius 3 is 2.78 bits per heavy atom. The molecule has 2 rings (SSSR count). The van der Waals surface area contributed by atoms with Crippen LogP contribution in [0.5, 0.6) is 5.88 Å². The van der Waals surface area contributed by atoms with Gasteiger partial charge in [-0.2, -0.15) is 0 Å². The zero-order chi connectivity index (χ0) is 19.6. The van der Waals surface area contributed by atoms with E-state index in [2.05, 4.69) is 20.6 Å². The van der Waals surface area contributed by atoms with Crippen LogP contribution < -0.4 is 15.4 Å². The first kappa shape index (κ1) is 21.3. The summed E-state index contributed by atoms with van der Waals surface area (Å²) in [5.41, 5.74) is 1.86. The summed E-state index contributed by atoms with van der Waals surface area (Å²) in [4.78, 5) is 8.89. The Bertz CT molecular complexity index is 764. The monoisotopic (exact) mass is 413 g/mol. The molecule has 0 radical (unpaired) electrons. The highest BCUT2D eigenvalue weighted by Gasteiger charge is 2.10. The topological polar surface area (TPSA) is 72.7 Å². The maximum Gasteiger partial charge on any atom is 0.218 e. The fourth-order valence-corrected chi connectivity index (χ4v) is 2.75. The molecule has 2 heterocycles. The summed E-state index contributed by atoms with van der Waals surface area (Å²) in [6.07, 6.45) is 1.70. The van der Waals surface area contributed by atoms with Gasteiger partial charge in [-0.3, -0.25) is 0 Å². The molecule has 148 valence electrons. The summed E-state index contributed by atoms with van der Waals surface area (Å²) in [6.45, 7) is 4.67. The van der Waals surface area contributed by atoms with E-state index >= 15 is 0 Å². The lowest BCUT2D eigenvalue weighted by atomic mass is 10.3. The number of hydrogen-bond donors (Lipinski definition) is 2. The van der Waals surface area contributed by atoms with Crippen molar-refractivity contribution in [1.29, 1.82) is 0 Å². The fourth-order valence-electron chi connectivity index (χ4n) is 2.33. The predicted molar refractivity (Wildman–Crippen MR) is 109 cm³/mol. The van der Waals surface area contributed by atoms with Crippen LogP contribution >= 0.6 is 23.2 Å². The van der Waals surface area contributed by atoms with Gasteiger partial charge in [0.2, 0.25) is 5.88 Å². The first-order valence-corrected chi connectivity index (χ1v) is 9.39. The van der Waals surface area contributed by atoms with Gasteiger partial charge in [0.1, 0.15) is 11.8 Å². The molecule has 27 heavy (non-hydrogen) atoms. The number of guanidine groups is 1. The number of hydrogen-bond acceptors (Lipinski definition) is 4. The largest absolute Gasteiger partial charge is 0.475 e. The third kappa shape index (κ3) is 6.30. The summed E-state index contributed by atoms with van der Waals surface area (Å²) < 4.78 is 12.5. The molecular formula is C18H25Cl2N5O2. The van der Waals surface area contributed by atoms with Crippen LogP contribution in [0, 0.1) is 0 Å². The molecule has 2 aromatic rings. The molecule has 2 aromatic heterocycles. The predicted octanol–water partition coefficient (Wildman–Crippen LogP) is 3.01. The van der Waals surface area contributed by atoms with Gasteiger partial charge >= 0.3 is 0 Å². The van der Waals surface area contributed by atoms with E-state index in [9.17, 15) is 0 Å². The Kier molecular flexibility index (Phi) is 8.71. The lowest BCUT2D eigenvalue weighted by Gasteiger charge is -2.13. The first-order chi connectivity index (χ1) is 13.1. The minimum Gasteiger partial charge on any atom is -0.475 e. The molecule has 0 aliphatic carbocycles. The third-order valence-corrected chi connectivity index (χ3v) is 4.62. The number of nitrogens with zero attached hydrogens (tertiary/aromatic N) is 3. The second-order valence-electron chi connectivity index (χ2n) is 5.69.